The van der Waals surface area contributed by atoms with Crippen molar-refractivity contribution in [1.82, 2.24) is 0 Å². The van der Waals surface area contributed by atoms with Gasteiger partial charge in [-0.15, -0.1) is 0 Å². The van der Waals surface area contributed by atoms with Crippen LogP contribution in [0.25, 0.3) is 21.9 Å². The molecule has 0 amide bonds. The molecule has 0 N–H and O–H groups in total. The van der Waals surface area contributed by atoms with Crippen molar-refractivity contribution in [2.45, 2.75) is 0 Å². The van der Waals surface area contributed by atoms with Gasteiger partial charge in [0.15, 0.2) is 5.78 Å². The number of allylic oxidation sites excluding steroid dienone is 12. The fraction of sp³-hybridized carbons (Fsp3) is 0.0800. The molecule has 0 fully saturated rings. The molecule has 26 heavy (non-hydrogen) atoms. The van der Waals surface area contributed by atoms with Crippen LogP contribution in [0.3, 0.4) is 0 Å². The first-order valence-corrected chi connectivity index (χ1v) is 9.10. The van der Waals surface area contributed by atoms with Gasteiger partial charge in [0, 0.05) is 23.0 Å². The molecule has 0 saturated heterocycles. The summed E-state index contributed by atoms with van der Waals surface area (Å²) >= 11 is 0. The molecule has 2 aromatic carbocycles. The van der Waals surface area contributed by atoms with Crippen LogP contribution in [0.1, 0.15) is 11.1 Å². The predicted molar refractivity (Wildman–Crippen MR) is 106 cm³/mol. The molecule has 0 radical (unpaired) electrons. The molecule has 4 aliphatic rings. The zero-order valence-corrected chi connectivity index (χ0v) is 14.1. The van der Waals surface area contributed by atoms with Gasteiger partial charge in [-0.3, -0.25) is 4.79 Å². The third-order valence-corrected chi connectivity index (χ3v) is 5.88. The summed E-state index contributed by atoms with van der Waals surface area (Å²) in [6, 6.07) is 12.9. The van der Waals surface area contributed by atoms with Crippen molar-refractivity contribution in [2.75, 3.05) is 0 Å². The first kappa shape index (κ1) is 14.0. The topological polar surface area (TPSA) is 17.1 Å². The van der Waals surface area contributed by atoms with E-state index in [-0.39, 0.29) is 17.6 Å². The van der Waals surface area contributed by atoms with Gasteiger partial charge in [-0.25, -0.2) is 0 Å². The van der Waals surface area contributed by atoms with Crippen LogP contribution in [0.15, 0.2) is 96.2 Å². The largest absolute Gasteiger partial charge is 0.289 e. The Balaban J connectivity index is 1.73. The number of fused-ring (bicyclic) bond motifs is 3. The molecule has 2 aromatic rings. The van der Waals surface area contributed by atoms with Gasteiger partial charge in [0.25, 0.3) is 0 Å². The van der Waals surface area contributed by atoms with Crippen molar-refractivity contribution < 1.29 is 4.79 Å². The molecule has 0 unspecified atom stereocenters. The summed E-state index contributed by atoms with van der Waals surface area (Å²) in [4.78, 5) is 13.6. The van der Waals surface area contributed by atoms with Gasteiger partial charge in [0.05, 0.1) is 0 Å². The van der Waals surface area contributed by atoms with Gasteiger partial charge < -0.3 is 0 Å². The van der Waals surface area contributed by atoms with Crippen molar-refractivity contribution in [3.05, 3.63) is 107 Å². The Morgan fingerprint density at radius 2 is 1.08 bits per heavy atom. The summed E-state index contributed by atoms with van der Waals surface area (Å²) in [5.74, 6) is 0.358. The maximum atomic E-state index is 13.6. The predicted octanol–water partition coefficient (Wildman–Crippen LogP) is 5.43. The normalized spacial score (nSPS) is 20.7. The minimum Gasteiger partial charge on any atom is -0.289 e. The Morgan fingerprint density at radius 1 is 0.615 bits per heavy atom. The van der Waals surface area contributed by atoms with Crippen LogP contribution in [0.2, 0.25) is 0 Å². The van der Waals surface area contributed by atoms with Crippen molar-refractivity contribution in [1.29, 1.82) is 0 Å². The molecule has 0 spiro atoms. The molecule has 0 atom stereocenters. The molecule has 6 rings (SSSR count). The highest BCUT2D eigenvalue weighted by Gasteiger charge is 2.42. The monoisotopic (exact) mass is 332 g/mol. The standard InChI is InChI=1S/C25H16O/c26-25-21(16-7-1-2-8-16)23-18-13-5-11-15-12-6-14-19(20(15)18)24(23)22(25)17-9-3-4-10-17/h1-14,16-17H. The summed E-state index contributed by atoms with van der Waals surface area (Å²) in [7, 11) is 0. The van der Waals surface area contributed by atoms with E-state index < -0.39 is 0 Å². The molecule has 0 heterocycles. The summed E-state index contributed by atoms with van der Waals surface area (Å²) in [6.45, 7) is 0. The lowest BCUT2D eigenvalue weighted by Gasteiger charge is -2.13. The van der Waals surface area contributed by atoms with Gasteiger partial charge in [0.1, 0.15) is 0 Å². The number of rotatable bonds is 2. The fourth-order valence-electron chi connectivity index (χ4n) is 4.84. The summed E-state index contributed by atoms with van der Waals surface area (Å²) in [6.07, 6.45) is 16.7. The van der Waals surface area contributed by atoms with Crippen molar-refractivity contribution in [2.24, 2.45) is 11.8 Å². The average molecular weight is 332 g/mol. The maximum Gasteiger partial charge on any atom is 0.188 e. The van der Waals surface area contributed by atoms with E-state index in [1.165, 1.54) is 21.9 Å². The number of hydrogen-bond donors (Lipinski definition) is 0. The minimum absolute atomic E-state index is 0.0731. The molecule has 4 aliphatic carbocycles. The van der Waals surface area contributed by atoms with E-state index in [1.807, 2.05) is 24.3 Å². The SMILES string of the molecule is O=C1C(C2C=CC=C2)=C2C(=C1C1C=CC=C1)c1cccc3cccc2c13. The smallest absolute Gasteiger partial charge is 0.188 e. The Hall–Kier alpha value is -3.19. The van der Waals surface area contributed by atoms with Crippen LogP contribution < -0.4 is 0 Å². The lowest BCUT2D eigenvalue weighted by Crippen LogP contribution is -2.13. The molecule has 0 aliphatic heterocycles. The van der Waals surface area contributed by atoms with Crippen molar-refractivity contribution in [3.8, 4) is 0 Å². The maximum absolute atomic E-state index is 13.6. The second-order valence-corrected chi connectivity index (χ2v) is 7.21. The number of hydrogen-bond acceptors (Lipinski definition) is 1. The zero-order valence-electron chi connectivity index (χ0n) is 14.1. The number of Topliss-reactive ketones (excluding diaryl/α,β-unsaturated/α-hetero) is 1. The zero-order chi connectivity index (χ0) is 17.3. The summed E-state index contributed by atoms with van der Waals surface area (Å²) < 4.78 is 0. The van der Waals surface area contributed by atoms with Gasteiger partial charge in [-0.2, -0.15) is 0 Å². The highest BCUT2D eigenvalue weighted by atomic mass is 16.1. The van der Waals surface area contributed by atoms with E-state index in [1.54, 1.807) is 0 Å². The lowest BCUT2D eigenvalue weighted by atomic mass is 9.88. The summed E-state index contributed by atoms with van der Waals surface area (Å²) in [5.41, 5.74) is 6.63. The van der Waals surface area contributed by atoms with Gasteiger partial charge in [-0.05, 0) is 33.0 Å². The molecular formula is C25H16O. The number of benzene rings is 2. The molecular weight excluding hydrogens is 316 g/mol. The second-order valence-electron chi connectivity index (χ2n) is 7.21. The lowest BCUT2D eigenvalue weighted by molar-refractivity contribution is -0.112. The molecule has 122 valence electrons. The first-order valence-electron chi connectivity index (χ1n) is 9.10. The average Bonchev–Trinajstić information content (AvgIpc) is 3.43. The number of carbonyl (C=O) groups excluding carboxylic acids is 1. The molecule has 0 saturated carbocycles. The third kappa shape index (κ3) is 1.63. The second kappa shape index (κ2) is 4.92. The quantitative estimate of drug-likeness (QED) is 0.717. The van der Waals surface area contributed by atoms with Crippen LogP contribution in [-0.4, -0.2) is 5.78 Å². The van der Waals surface area contributed by atoms with E-state index in [4.69, 9.17) is 0 Å². The minimum atomic E-state index is 0.0731. The van der Waals surface area contributed by atoms with E-state index in [9.17, 15) is 4.79 Å². The van der Waals surface area contributed by atoms with E-state index in [0.717, 1.165) is 22.3 Å². The molecule has 0 bridgehead atoms. The van der Waals surface area contributed by atoms with Crippen LogP contribution >= 0.6 is 0 Å². The van der Waals surface area contributed by atoms with Gasteiger partial charge in [0.2, 0.25) is 0 Å². The van der Waals surface area contributed by atoms with Gasteiger partial charge >= 0.3 is 0 Å². The molecule has 0 aromatic heterocycles. The highest BCUT2D eigenvalue weighted by Crippen LogP contribution is 2.55. The van der Waals surface area contributed by atoms with Crippen LogP contribution in [0, 0.1) is 11.8 Å². The number of carbonyl (C=O) groups is 1. The van der Waals surface area contributed by atoms with Crippen LogP contribution in [-0.2, 0) is 4.79 Å². The van der Waals surface area contributed by atoms with E-state index in [2.05, 4.69) is 60.7 Å². The van der Waals surface area contributed by atoms with Crippen molar-refractivity contribution in [3.63, 3.8) is 0 Å². The van der Waals surface area contributed by atoms with Crippen LogP contribution in [0.4, 0.5) is 0 Å². The Morgan fingerprint density at radius 3 is 1.54 bits per heavy atom. The Kier molecular flexibility index (Phi) is 2.66. The summed E-state index contributed by atoms with van der Waals surface area (Å²) in [5, 5.41) is 2.54. The highest BCUT2D eigenvalue weighted by molar-refractivity contribution is 6.38. The van der Waals surface area contributed by atoms with E-state index in [0.29, 0.717) is 0 Å². The fourth-order valence-corrected chi connectivity index (χ4v) is 4.84. The Bertz CT molecular complexity index is 1080. The van der Waals surface area contributed by atoms with Crippen LogP contribution in [0.5, 0.6) is 0 Å². The molecule has 1 nitrogen and oxygen atoms in total. The first-order chi connectivity index (χ1) is 12.8. The van der Waals surface area contributed by atoms with Crippen molar-refractivity contribution >= 4 is 27.7 Å². The molecule has 1 heteroatoms. The number of ketones is 1. The van der Waals surface area contributed by atoms with E-state index >= 15 is 0 Å². The Labute approximate surface area is 152 Å². The third-order valence-electron chi connectivity index (χ3n) is 5.88. The van der Waals surface area contributed by atoms with Gasteiger partial charge in [-0.1, -0.05) is 85.0 Å².